The summed E-state index contributed by atoms with van der Waals surface area (Å²) in [5.74, 6) is -1.23. The normalized spacial score (nSPS) is 14.5. The Morgan fingerprint density at radius 1 is 1.56 bits per heavy atom. The number of halogens is 1. The molecule has 0 fully saturated rings. The zero-order valence-corrected chi connectivity index (χ0v) is 10.2. The second kappa shape index (κ2) is 5.38. The summed E-state index contributed by atoms with van der Waals surface area (Å²) in [6.07, 6.45) is -0.931. The largest absolute Gasteiger partial charge is 0.477 e. The minimum atomic E-state index is -1.27. The van der Waals surface area contributed by atoms with Crippen molar-refractivity contribution in [1.29, 1.82) is 0 Å². The molecule has 0 spiro atoms. The highest BCUT2D eigenvalue weighted by atomic mass is 79.9. The van der Waals surface area contributed by atoms with Gasteiger partial charge in [-0.05, 0) is 18.6 Å². The Bertz CT molecular complexity index is 396. The summed E-state index contributed by atoms with van der Waals surface area (Å²) in [6, 6.07) is 1.51. The zero-order valence-electron chi connectivity index (χ0n) is 8.59. The van der Waals surface area contributed by atoms with Crippen molar-refractivity contribution in [3.05, 3.63) is 29.1 Å². The van der Waals surface area contributed by atoms with Crippen LogP contribution in [-0.4, -0.2) is 37.7 Å². The van der Waals surface area contributed by atoms with Gasteiger partial charge in [-0.2, -0.15) is 0 Å². The van der Waals surface area contributed by atoms with Crippen LogP contribution in [-0.2, 0) is 0 Å². The molecule has 1 aromatic heterocycles. The Morgan fingerprint density at radius 2 is 2.19 bits per heavy atom. The number of carbonyl (C=O) groups is 1. The number of carboxylic acid groups (broad SMARTS) is 1. The van der Waals surface area contributed by atoms with Gasteiger partial charge >= 0.3 is 5.97 Å². The van der Waals surface area contributed by atoms with Gasteiger partial charge in [-0.3, -0.25) is 0 Å². The summed E-state index contributed by atoms with van der Waals surface area (Å²) in [7, 11) is 0. The molecule has 6 heteroatoms. The number of pyridine rings is 1. The quantitative estimate of drug-likeness (QED) is 0.716. The molecule has 0 saturated heterocycles. The lowest BCUT2D eigenvalue weighted by Gasteiger charge is -2.17. The first-order valence-corrected chi connectivity index (χ1v) is 5.71. The SMILES string of the molecule is Cc1cnc(C(=O)O)c(C(O)C(O)CBr)c1. The van der Waals surface area contributed by atoms with Crippen LogP contribution in [0.15, 0.2) is 12.3 Å². The van der Waals surface area contributed by atoms with E-state index in [0.717, 1.165) is 5.56 Å². The topological polar surface area (TPSA) is 90.7 Å². The number of aromatic carboxylic acids is 1. The number of hydrogen-bond donors (Lipinski definition) is 3. The molecular weight excluding hydrogens is 278 g/mol. The van der Waals surface area contributed by atoms with E-state index in [9.17, 15) is 15.0 Å². The number of aliphatic hydroxyl groups excluding tert-OH is 2. The number of nitrogens with zero attached hydrogens (tertiary/aromatic N) is 1. The first kappa shape index (κ1) is 13.1. The zero-order chi connectivity index (χ0) is 12.3. The van der Waals surface area contributed by atoms with E-state index < -0.39 is 18.2 Å². The molecule has 0 saturated carbocycles. The third-order valence-corrected chi connectivity index (χ3v) is 2.76. The molecule has 5 nitrogen and oxygen atoms in total. The van der Waals surface area contributed by atoms with Gasteiger partial charge in [0, 0.05) is 17.1 Å². The summed E-state index contributed by atoms with van der Waals surface area (Å²) in [5, 5.41) is 28.3. The van der Waals surface area contributed by atoms with Crippen LogP contribution in [0.5, 0.6) is 0 Å². The van der Waals surface area contributed by atoms with Crippen molar-refractivity contribution >= 4 is 21.9 Å². The molecule has 0 amide bonds. The minimum Gasteiger partial charge on any atom is -0.477 e. The van der Waals surface area contributed by atoms with Gasteiger partial charge in [-0.15, -0.1) is 0 Å². The minimum absolute atomic E-state index is 0.124. The van der Waals surface area contributed by atoms with Crippen LogP contribution in [0, 0.1) is 6.92 Å². The third kappa shape index (κ3) is 2.78. The lowest BCUT2D eigenvalue weighted by Crippen LogP contribution is -2.22. The number of aliphatic hydroxyl groups is 2. The molecule has 2 atom stereocenters. The molecule has 0 bridgehead atoms. The maximum Gasteiger partial charge on any atom is 0.354 e. The van der Waals surface area contributed by atoms with E-state index in [4.69, 9.17) is 5.11 Å². The van der Waals surface area contributed by atoms with Gasteiger partial charge in [0.1, 0.15) is 6.10 Å². The van der Waals surface area contributed by atoms with Crippen molar-refractivity contribution in [1.82, 2.24) is 4.98 Å². The van der Waals surface area contributed by atoms with E-state index in [1.165, 1.54) is 12.3 Å². The third-order valence-electron chi connectivity index (χ3n) is 2.10. The Hall–Kier alpha value is -0.980. The highest BCUT2D eigenvalue weighted by Gasteiger charge is 2.24. The molecular formula is C10H12BrNO4. The molecule has 0 aliphatic carbocycles. The predicted octanol–water partition coefficient (Wildman–Crippen LogP) is 0.877. The van der Waals surface area contributed by atoms with Gasteiger partial charge < -0.3 is 15.3 Å². The van der Waals surface area contributed by atoms with Crippen LogP contribution in [0.4, 0.5) is 0 Å². The van der Waals surface area contributed by atoms with Crippen molar-refractivity contribution < 1.29 is 20.1 Å². The van der Waals surface area contributed by atoms with Crippen molar-refractivity contribution in [3.63, 3.8) is 0 Å². The number of aromatic nitrogens is 1. The Kier molecular flexibility index (Phi) is 4.40. The van der Waals surface area contributed by atoms with Gasteiger partial charge in [-0.1, -0.05) is 15.9 Å². The fourth-order valence-corrected chi connectivity index (χ4v) is 1.64. The number of hydrogen-bond acceptors (Lipinski definition) is 4. The Morgan fingerprint density at radius 3 is 2.69 bits per heavy atom. The molecule has 2 unspecified atom stereocenters. The van der Waals surface area contributed by atoms with Crippen molar-refractivity contribution in [3.8, 4) is 0 Å². The molecule has 1 heterocycles. The van der Waals surface area contributed by atoms with E-state index in [1.807, 2.05) is 0 Å². The molecule has 0 radical (unpaired) electrons. The van der Waals surface area contributed by atoms with E-state index >= 15 is 0 Å². The average Bonchev–Trinajstić information content (AvgIpc) is 2.26. The molecule has 0 aliphatic heterocycles. The summed E-state index contributed by atoms with van der Waals surface area (Å²) in [6.45, 7) is 1.73. The van der Waals surface area contributed by atoms with Crippen molar-refractivity contribution in [2.45, 2.75) is 19.1 Å². The highest BCUT2D eigenvalue weighted by molar-refractivity contribution is 9.09. The van der Waals surface area contributed by atoms with Gasteiger partial charge in [-0.25, -0.2) is 9.78 Å². The first-order chi connectivity index (χ1) is 7.47. The number of rotatable bonds is 4. The smallest absolute Gasteiger partial charge is 0.354 e. The number of carboxylic acids is 1. The van der Waals surface area contributed by atoms with Crippen LogP contribution in [0.3, 0.4) is 0 Å². The van der Waals surface area contributed by atoms with E-state index in [1.54, 1.807) is 6.92 Å². The van der Waals surface area contributed by atoms with Gasteiger partial charge in [0.15, 0.2) is 5.69 Å². The lowest BCUT2D eigenvalue weighted by molar-refractivity contribution is 0.0324. The summed E-state index contributed by atoms with van der Waals surface area (Å²) < 4.78 is 0. The molecule has 88 valence electrons. The van der Waals surface area contributed by atoms with Crippen LogP contribution in [0.1, 0.15) is 27.7 Å². The highest BCUT2D eigenvalue weighted by Crippen LogP contribution is 2.22. The fourth-order valence-electron chi connectivity index (χ4n) is 1.29. The molecule has 0 aromatic carbocycles. The van der Waals surface area contributed by atoms with Crippen LogP contribution < -0.4 is 0 Å². The van der Waals surface area contributed by atoms with Gasteiger partial charge in [0.05, 0.1) is 6.10 Å². The standard InChI is InChI=1S/C10H12BrNO4/c1-5-2-6(9(14)7(13)3-11)8(10(15)16)12-4-5/h2,4,7,9,13-14H,3H2,1H3,(H,15,16). The molecule has 3 N–H and O–H groups in total. The number of alkyl halides is 1. The maximum absolute atomic E-state index is 10.9. The van der Waals surface area contributed by atoms with Gasteiger partial charge in [0.2, 0.25) is 0 Å². The molecule has 16 heavy (non-hydrogen) atoms. The van der Waals surface area contributed by atoms with Crippen LogP contribution in [0.2, 0.25) is 0 Å². The average molecular weight is 290 g/mol. The molecule has 1 rings (SSSR count). The molecule has 0 aliphatic rings. The summed E-state index contributed by atoms with van der Waals surface area (Å²) in [5.41, 5.74) is 0.610. The van der Waals surface area contributed by atoms with Crippen molar-refractivity contribution in [2.24, 2.45) is 0 Å². The lowest BCUT2D eigenvalue weighted by atomic mass is 10.0. The Labute approximate surface area is 101 Å². The molecule has 1 aromatic rings. The number of aryl methyl sites for hydroxylation is 1. The summed E-state index contributed by atoms with van der Waals surface area (Å²) >= 11 is 3.01. The van der Waals surface area contributed by atoms with Crippen LogP contribution >= 0.6 is 15.9 Å². The second-order valence-corrected chi connectivity index (χ2v) is 4.07. The second-order valence-electron chi connectivity index (χ2n) is 3.42. The van der Waals surface area contributed by atoms with Crippen LogP contribution in [0.25, 0.3) is 0 Å². The van der Waals surface area contributed by atoms with Crippen molar-refractivity contribution in [2.75, 3.05) is 5.33 Å². The van der Waals surface area contributed by atoms with E-state index in [2.05, 4.69) is 20.9 Å². The van der Waals surface area contributed by atoms with E-state index in [-0.39, 0.29) is 16.6 Å². The fraction of sp³-hybridized carbons (Fsp3) is 0.400. The maximum atomic E-state index is 10.9. The monoisotopic (exact) mass is 289 g/mol. The van der Waals surface area contributed by atoms with Gasteiger partial charge in [0.25, 0.3) is 0 Å². The first-order valence-electron chi connectivity index (χ1n) is 4.59. The summed E-state index contributed by atoms with van der Waals surface area (Å²) in [4.78, 5) is 14.6. The van der Waals surface area contributed by atoms with E-state index in [0.29, 0.717) is 0 Å². The Balaban J connectivity index is 3.19. The predicted molar refractivity (Wildman–Crippen MR) is 60.7 cm³/mol.